The van der Waals surface area contributed by atoms with Crippen LogP contribution in [0, 0.1) is 5.92 Å². The first kappa shape index (κ1) is 21.4. The van der Waals surface area contributed by atoms with E-state index >= 15 is 0 Å². The van der Waals surface area contributed by atoms with Crippen LogP contribution in [0.15, 0.2) is 24.3 Å². The van der Waals surface area contributed by atoms with Gasteiger partial charge in [0.25, 0.3) is 0 Å². The molecule has 0 amide bonds. The molecule has 2 aromatic rings. The zero-order valence-electron chi connectivity index (χ0n) is 18.5. The number of nitrogens with zero attached hydrogens (tertiary/aromatic N) is 2. The summed E-state index contributed by atoms with van der Waals surface area (Å²) in [6.07, 6.45) is 5.06. The van der Waals surface area contributed by atoms with Gasteiger partial charge in [-0.2, -0.15) is 4.98 Å². The Hall–Kier alpha value is -2.83. The van der Waals surface area contributed by atoms with Gasteiger partial charge in [0.15, 0.2) is 5.82 Å². The van der Waals surface area contributed by atoms with Gasteiger partial charge in [-0.3, -0.25) is 4.79 Å². The second kappa shape index (κ2) is 8.36. The number of hydrogen-bond donors (Lipinski definition) is 3. The molecular weight excluding hydrogens is 392 g/mol. The number of nitrogens with one attached hydrogen (secondary N) is 1. The Morgan fingerprint density at radius 3 is 2.42 bits per heavy atom. The Morgan fingerprint density at radius 1 is 1.16 bits per heavy atom. The summed E-state index contributed by atoms with van der Waals surface area (Å²) in [7, 11) is 0. The molecule has 0 bridgehead atoms. The Kier molecular flexibility index (Phi) is 5.77. The number of rotatable bonds is 5. The largest absolute Gasteiger partial charge is 0.481 e. The molecule has 1 fully saturated rings. The highest BCUT2D eigenvalue weighted by Gasteiger charge is 2.40. The number of ether oxygens (including phenoxy) is 1. The highest BCUT2D eigenvalue weighted by atomic mass is 16.5. The van der Waals surface area contributed by atoms with Crippen molar-refractivity contribution in [3.05, 3.63) is 41.2 Å². The maximum absolute atomic E-state index is 11.0. The predicted molar refractivity (Wildman–Crippen MR) is 120 cm³/mol. The van der Waals surface area contributed by atoms with Crippen LogP contribution in [-0.4, -0.2) is 26.6 Å². The van der Waals surface area contributed by atoms with Crippen LogP contribution in [0.5, 0.6) is 5.88 Å². The van der Waals surface area contributed by atoms with Gasteiger partial charge in [0, 0.05) is 12.8 Å². The monoisotopic (exact) mass is 424 g/mol. The van der Waals surface area contributed by atoms with Crippen molar-refractivity contribution in [2.24, 2.45) is 5.92 Å². The Labute approximate surface area is 183 Å². The average molecular weight is 425 g/mol. The van der Waals surface area contributed by atoms with Crippen LogP contribution in [-0.2, 0) is 11.2 Å². The van der Waals surface area contributed by atoms with Crippen molar-refractivity contribution < 1.29 is 14.6 Å². The fourth-order valence-corrected chi connectivity index (χ4v) is 4.89. The molecule has 4 N–H and O–H groups in total. The van der Waals surface area contributed by atoms with E-state index in [1.807, 2.05) is 6.92 Å². The third kappa shape index (κ3) is 4.45. The number of carboxylic acid groups (broad SMARTS) is 1. The van der Waals surface area contributed by atoms with Gasteiger partial charge in [-0.05, 0) is 62.5 Å². The van der Waals surface area contributed by atoms with Gasteiger partial charge in [0.05, 0.1) is 6.04 Å². The summed E-state index contributed by atoms with van der Waals surface area (Å²) in [5.41, 5.74) is 8.77. The number of fused-ring (bicyclic) bond motifs is 1. The highest BCUT2D eigenvalue weighted by Crippen LogP contribution is 2.44. The topological polar surface area (TPSA) is 110 Å². The molecule has 0 radical (unpaired) electrons. The van der Waals surface area contributed by atoms with E-state index in [2.05, 4.69) is 53.4 Å². The fourth-order valence-electron chi connectivity index (χ4n) is 4.89. The van der Waals surface area contributed by atoms with Gasteiger partial charge >= 0.3 is 5.97 Å². The van der Waals surface area contributed by atoms with Crippen molar-refractivity contribution >= 4 is 17.5 Å². The smallest absolute Gasteiger partial charge is 0.303 e. The zero-order valence-corrected chi connectivity index (χ0v) is 18.5. The molecule has 4 rings (SSSR count). The maximum atomic E-state index is 11.0. The quantitative estimate of drug-likeness (QED) is 0.638. The minimum Gasteiger partial charge on any atom is -0.481 e. The number of aryl methyl sites for hydroxylation is 1. The van der Waals surface area contributed by atoms with Gasteiger partial charge in [-0.25, -0.2) is 4.98 Å². The number of carbonyl (C=O) groups is 1. The van der Waals surface area contributed by atoms with Crippen molar-refractivity contribution in [1.29, 1.82) is 0 Å². The lowest BCUT2D eigenvalue weighted by atomic mass is 9.77. The van der Waals surface area contributed by atoms with Crippen molar-refractivity contribution in [2.45, 2.75) is 76.9 Å². The molecule has 1 aromatic carbocycles. The SMILES string of the molecule is CCc1nc(N)c2c(n1)OC(C)(C)C(c1ccc([C@H]3CC[C@H](CC(=O)O)CC3)cc1)N2. The van der Waals surface area contributed by atoms with Crippen molar-refractivity contribution in [2.75, 3.05) is 11.1 Å². The number of anilines is 2. The minimum absolute atomic E-state index is 0.0845. The molecule has 2 heterocycles. The van der Waals surface area contributed by atoms with E-state index in [-0.39, 0.29) is 6.04 Å². The molecule has 166 valence electrons. The zero-order chi connectivity index (χ0) is 22.2. The molecule has 1 atom stereocenters. The highest BCUT2D eigenvalue weighted by molar-refractivity contribution is 5.70. The predicted octanol–water partition coefficient (Wildman–Crippen LogP) is 4.69. The van der Waals surface area contributed by atoms with Gasteiger partial charge in [0.1, 0.15) is 17.1 Å². The molecule has 1 aliphatic heterocycles. The van der Waals surface area contributed by atoms with Crippen molar-refractivity contribution in [3.63, 3.8) is 0 Å². The first-order chi connectivity index (χ1) is 14.8. The standard InChI is InChI=1S/C24H32N4O3/c1-4-18-26-22(25)20-23(27-18)31-24(2,3)21(28-20)17-11-9-16(10-12-17)15-7-5-14(6-8-15)13-19(29)30/h9-12,14-15,21,28H,4-8,13H2,1-3H3,(H,29,30)(H2,25,26,27)/t14-,15-,21?. The molecule has 1 aliphatic carbocycles. The molecule has 1 saturated carbocycles. The molecule has 2 aliphatic rings. The average Bonchev–Trinajstić information content (AvgIpc) is 2.73. The Bertz CT molecular complexity index is 950. The summed E-state index contributed by atoms with van der Waals surface area (Å²) < 4.78 is 6.26. The van der Waals surface area contributed by atoms with Gasteiger partial charge in [0.2, 0.25) is 5.88 Å². The molecule has 1 unspecified atom stereocenters. The van der Waals surface area contributed by atoms with E-state index in [4.69, 9.17) is 15.6 Å². The van der Waals surface area contributed by atoms with Crippen LogP contribution in [0.1, 0.15) is 81.8 Å². The van der Waals surface area contributed by atoms with E-state index in [9.17, 15) is 4.79 Å². The summed E-state index contributed by atoms with van der Waals surface area (Å²) in [5.74, 6) is 1.74. The lowest BCUT2D eigenvalue weighted by Gasteiger charge is -2.41. The summed E-state index contributed by atoms with van der Waals surface area (Å²) in [4.78, 5) is 19.8. The lowest BCUT2D eigenvalue weighted by molar-refractivity contribution is -0.138. The molecule has 31 heavy (non-hydrogen) atoms. The van der Waals surface area contributed by atoms with Gasteiger partial charge < -0.3 is 20.9 Å². The third-order valence-electron chi connectivity index (χ3n) is 6.66. The van der Waals surface area contributed by atoms with Crippen LogP contribution in [0.25, 0.3) is 0 Å². The van der Waals surface area contributed by atoms with Crippen molar-refractivity contribution in [1.82, 2.24) is 9.97 Å². The normalized spacial score (nSPS) is 24.5. The van der Waals surface area contributed by atoms with Crippen LogP contribution < -0.4 is 15.8 Å². The van der Waals surface area contributed by atoms with Crippen LogP contribution in [0.3, 0.4) is 0 Å². The molecule has 0 spiro atoms. The molecule has 1 aromatic heterocycles. The van der Waals surface area contributed by atoms with Crippen LogP contribution >= 0.6 is 0 Å². The summed E-state index contributed by atoms with van der Waals surface area (Å²) in [6.45, 7) is 6.09. The first-order valence-electron chi connectivity index (χ1n) is 11.2. The number of hydrogen-bond acceptors (Lipinski definition) is 6. The second-order valence-corrected chi connectivity index (χ2v) is 9.32. The number of carboxylic acids is 1. The van der Waals surface area contributed by atoms with Gasteiger partial charge in [-0.15, -0.1) is 0 Å². The van der Waals surface area contributed by atoms with E-state index in [1.165, 1.54) is 5.56 Å². The second-order valence-electron chi connectivity index (χ2n) is 9.32. The summed E-state index contributed by atoms with van der Waals surface area (Å²) in [6, 6.07) is 8.63. The van der Waals surface area contributed by atoms with Crippen LogP contribution in [0.4, 0.5) is 11.5 Å². The molecule has 7 heteroatoms. The molecule has 7 nitrogen and oxygen atoms in total. The van der Waals surface area contributed by atoms with E-state index in [0.29, 0.717) is 47.9 Å². The number of aromatic nitrogens is 2. The van der Waals surface area contributed by atoms with Crippen molar-refractivity contribution in [3.8, 4) is 5.88 Å². The van der Waals surface area contributed by atoms with E-state index in [0.717, 1.165) is 31.2 Å². The number of nitrogens with two attached hydrogens (primary N) is 1. The van der Waals surface area contributed by atoms with Gasteiger partial charge in [-0.1, -0.05) is 31.2 Å². The lowest BCUT2D eigenvalue weighted by Crippen LogP contribution is -2.44. The molecule has 0 saturated heterocycles. The minimum atomic E-state index is -0.684. The van der Waals surface area contributed by atoms with E-state index < -0.39 is 11.6 Å². The van der Waals surface area contributed by atoms with Crippen LogP contribution in [0.2, 0.25) is 0 Å². The summed E-state index contributed by atoms with van der Waals surface area (Å²) in [5, 5.41) is 12.5. The number of benzene rings is 1. The Morgan fingerprint density at radius 2 is 1.81 bits per heavy atom. The Balaban J connectivity index is 1.49. The third-order valence-corrected chi connectivity index (χ3v) is 6.66. The van der Waals surface area contributed by atoms with E-state index in [1.54, 1.807) is 0 Å². The molecular formula is C24H32N4O3. The first-order valence-corrected chi connectivity index (χ1v) is 11.2. The number of aliphatic carboxylic acids is 1. The fraction of sp³-hybridized carbons (Fsp3) is 0.542. The summed E-state index contributed by atoms with van der Waals surface area (Å²) >= 11 is 0. The number of nitrogen functional groups attached to an aromatic ring is 1. The maximum Gasteiger partial charge on any atom is 0.303 e.